The van der Waals surface area contributed by atoms with E-state index in [0.29, 0.717) is 10.9 Å². The molecule has 1 aliphatic rings. The lowest BCUT2D eigenvalue weighted by atomic mass is 10.1. The van der Waals surface area contributed by atoms with Crippen LogP contribution >= 0.6 is 11.6 Å². The van der Waals surface area contributed by atoms with Crippen molar-refractivity contribution in [3.05, 3.63) is 23.0 Å². The molecule has 0 N–H and O–H groups in total. The van der Waals surface area contributed by atoms with Crippen molar-refractivity contribution in [3.63, 3.8) is 0 Å². The minimum absolute atomic E-state index is 0.510. The number of hydrogen-bond acceptors (Lipinski definition) is 3. The first-order chi connectivity index (χ1) is 6.25. The zero-order chi connectivity index (χ0) is 9.26. The van der Waals surface area contributed by atoms with Gasteiger partial charge in [0.05, 0.1) is 16.9 Å². The van der Waals surface area contributed by atoms with Crippen LogP contribution in [0.3, 0.4) is 0 Å². The molecule has 0 aromatic carbocycles. The van der Waals surface area contributed by atoms with E-state index in [2.05, 4.69) is 22.1 Å². The molecule has 0 bridgehead atoms. The second-order valence-electron chi connectivity index (χ2n) is 3.55. The standard InChI is InChI=1S/C9H12ClN3/c1-13-3-2-7(6-13)9-4-8(10)5-11-12-9/h4-5,7H,2-3,6H2,1H3. The summed E-state index contributed by atoms with van der Waals surface area (Å²) in [7, 11) is 2.12. The first-order valence-corrected chi connectivity index (χ1v) is 4.80. The molecule has 1 aromatic heterocycles. The van der Waals surface area contributed by atoms with Crippen molar-refractivity contribution in [2.24, 2.45) is 0 Å². The highest BCUT2D eigenvalue weighted by molar-refractivity contribution is 6.30. The van der Waals surface area contributed by atoms with Gasteiger partial charge in [-0.2, -0.15) is 10.2 Å². The van der Waals surface area contributed by atoms with Crippen molar-refractivity contribution < 1.29 is 0 Å². The zero-order valence-electron chi connectivity index (χ0n) is 7.57. The molecule has 2 heterocycles. The van der Waals surface area contributed by atoms with Gasteiger partial charge in [0.2, 0.25) is 0 Å². The van der Waals surface area contributed by atoms with E-state index in [1.165, 1.54) is 0 Å². The van der Waals surface area contributed by atoms with Crippen LogP contribution in [-0.4, -0.2) is 35.2 Å². The fraction of sp³-hybridized carbons (Fsp3) is 0.556. The predicted octanol–water partition coefficient (Wildman–Crippen LogP) is 1.55. The molecule has 0 spiro atoms. The van der Waals surface area contributed by atoms with Crippen LogP contribution in [0, 0.1) is 0 Å². The maximum atomic E-state index is 5.84. The van der Waals surface area contributed by atoms with Crippen molar-refractivity contribution >= 4 is 11.6 Å². The quantitative estimate of drug-likeness (QED) is 0.684. The molecule has 1 saturated heterocycles. The van der Waals surface area contributed by atoms with Gasteiger partial charge in [-0.05, 0) is 26.1 Å². The van der Waals surface area contributed by atoms with E-state index in [0.717, 1.165) is 25.2 Å². The third-order valence-electron chi connectivity index (χ3n) is 2.45. The van der Waals surface area contributed by atoms with Crippen LogP contribution in [0.1, 0.15) is 18.0 Å². The Labute approximate surface area is 82.7 Å². The van der Waals surface area contributed by atoms with Crippen LogP contribution in [0.15, 0.2) is 12.3 Å². The lowest BCUT2D eigenvalue weighted by Crippen LogP contribution is -2.13. The van der Waals surface area contributed by atoms with Gasteiger partial charge in [-0.25, -0.2) is 0 Å². The number of hydrogen-bond donors (Lipinski definition) is 0. The first-order valence-electron chi connectivity index (χ1n) is 4.42. The largest absolute Gasteiger partial charge is 0.306 e. The molecule has 3 nitrogen and oxygen atoms in total. The van der Waals surface area contributed by atoms with Crippen molar-refractivity contribution in [3.8, 4) is 0 Å². The SMILES string of the molecule is CN1CCC(c2cc(Cl)cnn2)C1. The molecule has 0 aliphatic carbocycles. The molecule has 0 saturated carbocycles. The van der Waals surface area contributed by atoms with E-state index < -0.39 is 0 Å². The lowest BCUT2D eigenvalue weighted by molar-refractivity contribution is 0.410. The summed E-state index contributed by atoms with van der Waals surface area (Å²) in [5.74, 6) is 0.510. The molecule has 2 rings (SSSR count). The van der Waals surface area contributed by atoms with Crippen LogP contribution in [0.2, 0.25) is 5.02 Å². The van der Waals surface area contributed by atoms with Crippen molar-refractivity contribution in [1.82, 2.24) is 15.1 Å². The summed E-state index contributed by atoms with van der Waals surface area (Å²) >= 11 is 5.84. The normalized spacial score (nSPS) is 23.7. The van der Waals surface area contributed by atoms with Gasteiger partial charge in [-0.3, -0.25) is 0 Å². The molecule has 1 aliphatic heterocycles. The van der Waals surface area contributed by atoms with Gasteiger partial charge in [0.1, 0.15) is 0 Å². The molecule has 1 aromatic rings. The van der Waals surface area contributed by atoms with Crippen LogP contribution in [0.5, 0.6) is 0 Å². The highest BCUT2D eigenvalue weighted by atomic mass is 35.5. The van der Waals surface area contributed by atoms with E-state index in [1.54, 1.807) is 6.20 Å². The summed E-state index contributed by atoms with van der Waals surface area (Å²) in [6.45, 7) is 2.20. The topological polar surface area (TPSA) is 29.0 Å². The predicted molar refractivity (Wildman–Crippen MR) is 51.9 cm³/mol. The fourth-order valence-electron chi connectivity index (χ4n) is 1.73. The van der Waals surface area contributed by atoms with Gasteiger partial charge in [0, 0.05) is 12.5 Å². The Hall–Kier alpha value is -0.670. The van der Waals surface area contributed by atoms with Gasteiger partial charge >= 0.3 is 0 Å². The summed E-state index contributed by atoms with van der Waals surface area (Å²) in [6, 6.07) is 1.92. The maximum absolute atomic E-state index is 5.84. The molecule has 1 fully saturated rings. The summed E-state index contributed by atoms with van der Waals surface area (Å²) < 4.78 is 0. The number of aromatic nitrogens is 2. The van der Waals surface area contributed by atoms with E-state index >= 15 is 0 Å². The molecule has 1 atom stereocenters. The Morgan fingerprint density at radius 2 is 2.46 bits per heavy atom. The number of rotatable bonds is 1. The van der Waals surface area contributed by atoms with Crippen molar-refractivity contribution in [2.75, 3.05) is 20.1 Å². The third-order valence-corrected chi connectivity index (χ3v) is 2.66. The van der Waals surface area contributed by atoms with Crippen LogP contribution in [-0.2, 0) is 0 Å². The van der Waals surface area contributed by atoms with E-state index in [1.807, 2.05) is 6.07 Å². The van der Waals surface area contributed by atoms with E-state index in [-0.39, 0.29) is 0 Å². The van der Waals surface area contributed by atoms with E-state index in [9.17, 15) is 0 Å². The second-order valence-corrected chi connectivity index (χ2v) is 3.98. The lowest BCUT2D eigenvalue weighted by Gasteiger charge is -2.08. The maximum Gasteiger partial charge on any atom is 0.0690 e. The number of halogens is 1. The van der Waals surface area contributed by atoms with Crippen LogP contribution in [0.4, 0.5) is 0 Å². The highest BCUT2D eigenvalue weighted by Gasteiger charge is 2.22. The second kappa shape index (κ2) is 3.60. The number of nitrogens with zero attached hydrogens (tertiary/aromatic N) is 3. The van der Waals surface area contributed by atoms with Crippen molar-refractivity contribution in [1.29, 1.82) is 0 Å². The molecule has 70 valence electrons. The Bertz CT molecular complexity index is 303. The highest BCUT2D eigenvalue weighted by Crippen LogP contribution is 2.25. The van der Waals surface area contributed by atoms with Gasteiger partial charge in [-0.15, -0.1) is 0 Å². The van der Waals surface area contributed by atoms with Gasteiger partial charge in [-0.1, -0.05) is 11.6 Å². The molecule has 0 amide bonds. The minimum atomic E-state index is 0.510. The van der Waals surface area contributed by atoms with Crippen molar-refractivity contribution in [2.45, 2.75) is 12.3 Å². The van der Waals surface area contributed by atoms with Crippen LogP contribution in [0.25, 0.3) is 0 Å². The molecular weight excluding hydrogens is 186 g/mol. The average Bonchev–Trinajstić information content (AvgIpc) is 2.52. The molecule has 0 radical (unpaired) electrons. The Kier molecular flexibility index (Phi) is 2.47. The van der Waals surface area contributed by atoms with Gasteiger partial charge in [0.15, 0.2) is 0 Å². The summed E-state index contributed by atoms with van der Waals surface area (Å²) in [5, 5.41) is 8.63. The molecule has 13 heavy (non-hydrogen) atoms. The summed E-state index contributed by atoms with van der Waals surface area (Å²) in [5.41, 5.74) is 1.02. The average molecular weight is 198 g/mol. The Morgan fingerprint density at radius 1 is 1.62 bits per heavy atom. The summed E-state index contributed by atoms with van der Waals surface area (Å²) in [6.07, 6.45) is 2.73. The molecule has 4 heteroatoms. The zero-order valence-corrected chi connectivity index (χ0v) is 8.33. The fourth-order valence-corrected chi connectivity index (χ4v) is 1.89. The van der Waals surface area contributed by atoms with E-state index in [4.69, 9.17) is 11.6 Å². The number of likely N-dealkylation sites (N-methyl/N-ethyl adjacent to an activating group) is 1. The monoisotopic (exact) mass is 197 g/mol. The molecular formula is C9H12ClN3. The number of likely N-dealkylation sites (tertiary alicyclic amines) is 1. The Morgan fingerprint density at radius 3 is 3.08 bits per heavy atom. The van der Waals surface area contributed by atoms with Gasteiger partial charge in [0.25, 0.3) is 0 Å². The van der Waals surface area contributed by atoms with Crippen LogP contribution < -0.4 is 0 Å². The smallest absolute Gasteiger partial charge is 0.0690 e. The third kappa shape index (κ3) is 1.98. The summed E-state index contributed by atoms with van der Waals surface area (Å²) in [4.78, 5) is 2.30. The van der Waals surface area contributed by atoms with Gasteiger partial charge < -0.3 is 4.90 Å². The first kappa shape index (κ1) is 8.91. The molecule has 1 unspecified atom stereocenters. The minimum Gasteiger partial charge on any atom is -0.306 e. The Balaban J connectivity index is 2.16.